The van der Waals surface area contributed by atoms with Crippen LogP contribution < -0.4 is 0 Å². The standard InChI is InChI=1S/C11H21NS/c1-3-4-11-5-6-12(8-11)7-10(2)9-13/h11,13H,2-9H2,1H3. The molecule has 0 aromatic rings. The Kier molecular flexibility index (Phi) is 4.89. The van der Waals surface area contributed by atoms with Crippen molar-refractivity contribution < 1.29 is 0 Å². The normalized spacial score (nSPS) is 23.7. The van der Waals surface area contributed by atoms with Gasteiger partial charge in [-0.05, 0) is 25.3 Å². The first-order chi connectivity index (χ1) is 6.26. The van der Waals surface area contributed by atoms with Crippen LogP contribution in [0.25, 0.3) is 0 Å². The Labute approximate surface area is 87.6 Å². The molecule has 1 heterocycles. The summed E-state index contributed by atoms with van der Waals surface area (Å²) in [7, 11) is 0. The molecule has 0 aromatic heterocycles. The zero-order chi connectivity index (χ0) is 9.68. The van der Waals surface area contributed by atoms with Crippen molar-refractivity contribution in [3.8, 4) is 0 Å². The highest BCUT2D eigenvalue weighted by atomic mass is 32.1. The lowest BCUT2D eigenvalue weighted by atomic mass is 10.0. The second-order valence-electron chi connectivity index (χ2n) is 4.09. The van der Waals surface area contributed by atoms with Gasteiger partial charge in [0.05, 0.1) is 0 Å². The van der Waals surface area contributed by atoms with Crippen LogP contribution in [0.1, 0.15) is 26.2 Å². The van der Waals surface area contributed by atoms with Gasteiger partial charge in [-0.3, -0.25) is 4.90 Å². The van der Waals surface area contributed by atoms with Crippen LogP contribution >= 0.6 is 12.6 Å². The first kappa shape index (κ1) is 11.1. The van der Waals surface area contributed by atoms with Crippen LogP contribution in [0.2, 0.25) is 0 Å². The van der Waals surface area contributed by atoms with E-state index in [1.165, 1.54) is 37.9 Å². The third-order valence-corrected chi connectivity index (χ3v) is 3.18. The fraction of sp³-hybridized carbons (Fsp3) is 0.818. The van der Waals surface area contributed by atoms with Crippen LogP contribution in [0.3, 0.4) is 0 Å². The summed E-state index contributed by atoms with van der Waals surface area (Å²) in [5.74, 6) is 1.77. The number of hydrogen-bond acceptors (Lipinski definition) is 2. The van der Waals surface area contributed by atoms with Crippen molar-refractivity contribution in [1.29, 1.82) is 0 Å². The maximum atomic E-state index is 4.23. The average molecular weight is 199 g/mol. The Bertz CT molecular complexity index is 167. The molecule has 0 amide bonds. The van der Waals surface area contributed by atoms with Gasteiger partial charge in [-0.25, -0.2) is 0 Å². The van der Waals surface area contributed by atoms with E-state index in [-0.39, 0.29) is 0 Å². The van der Waals surface area contributed by atoms with Gasteiger partial charge in [-0.15, -0.1) is 0 Å². The average Bonchev–Trinajstić information content (AvgIpc) is 2.53. The predicted octanol–water partition coefficient (Wildman–Crippen LogP) is 2.59. The summed E-state index contributed by atoms with van der Waals surface area (Å²) in [6.45, 7) is 9.86. The molecule has 1 fully saturated rings. The first-order valence-electron chi connectivity index (χ1n) is 5.26. The molecule has 1 unspecified atom stereocenters. The summed E-state index contributed by atoms with van der Waals surface area (Å²) in [6.07, 6.45) is 4.10. The summed E-state index contributed by atoms with van der Waals surface area (Å²) in [5.41, 5.74) is 1.25. The number of nitrogens with zero attached hydrogens (tertiary/aromatic N) is 1. The van der Waals surface area contributed by atoms with E-state index >= 15 is 0 Å². The third-order valence-electron chi connectivity index (χ3n) is 2.74. The van der Waals surface area contributed by atoms with Crippen LogP contribution in [-0.4, -0.2) is 30.3 Å². The molecule has 0 saturated carbocycles. The topological polar surface area (TPSA) is 3.24 Å². The summed E-state index contributed by atoms with van der Waals surface area (Å²) < 4.78 is 0. The van der Waals surface area contributed by atoms with E-state index in [0.29, 0.717) is 0 Å². The van der Waals surface area contributed by atoms with E-state index in [2.05, 4.69) is 31.0 Å². The Morgan fingerprint density at radius 2 is 2.38 bits per heavy atom. The SMILES string of the molecule is C=C(CS)CN1CCC(CCC)C1. The smallest absolute Gasteiger partial charge is 0.0198 e. The van der Waals surface area contributed by atoms with Crippen molar-refractivity contribution in [2.24, 2.45) is 5.92 Å². The van der Waals surface area contributed by atoms with Gasteiger partial charge in [-0.2, -0.15) is 12.6 Å². The second-order valence-corrected chi connectivity index (χ2v) is 4.40. The predicted molar refractivity (Wildman–Crippen MR) is 62.4 cm³/mol. The van der Waals surface area contributed by atoms with Gasteiger partial charge < -0.3 is 0 Å². The van der Waals surface area contributed by atoms with Gasteiger partial charge in [0.25, 0.3) is 0 Å². The maximum absolute atomic E-state index is 4.23. The van der Waals surface area contributed by atoms with E-state index in [1.54, 1.807) is 0 Å². The summed E-state index contributed by atoms with van der Waals surface area (Å²) >= 11 is 4.23. The minimum Gasteiger partial charge on any atom is -0.299 e. The fourth-order valence-corrected chi connectivity index (χ4v) is 2.17. The molecule has 1 aliphatic rings. The molecule has 2 heteroatoms. The molecule has 0 bridgehead atoms. The summed E-state index contributed by atoms with van der Waals surface area (Å²) in [5, 5.41) is 0. The molecular formula is C11H21NS. The molecule has 0 aromatic carbocycles. The van der Waals surface area contributed by atoms with Gasteiger partial charge in [-0.1, -0.05) is 25.5 Å². The largest absolute Gasteiger partial charge is 0.299 e. The van der Waals surface area contributed by atoms with Gasteiger partial charge >= 0.3 is 0 Å². The molecule has 1 atom stereocenters. The summed E-state index contributed by atoms with van der Waals surface area (Å²) in [6, 6.07) is 0. The molecule has 0 aliphatic carbocycles. The van der Waals surface area contributed by atoms with Crippen molar-refractivity contribution in [2.45, 2.75) is 26.2 Å². The van der Waals surface area contributed by atoms with E-state index in [4.69, 9.17) is 0 Å². The molecule has 76 valence electrons. The summed E-state index contributed by atoms with van der Waals surface area (Å²) in [4.78, 5) is 2.51. The molecule has 0 spiro atoms. The number of likely N-dealkylation sites (tertiary alicyclic amines) is 1. The highest BCUT2D eigenvalue weighted by molar-refractivity contribution is 7.80. The van der Waals surface area contributed by atoms with Gasteiger partial charge in [0.15, 0.2) is 0 Å². The maximum Gasteiger partial charge on any atom is 0.0198 e. The monoisotopic (exact) mass is 199 g/mol. The van der Waals surface area contributed by atoms with Crippen molar-refractivity contribution in [2.75, 3.05) is 25.4 Å². The molecule has 1 saturated heterocycles. The van der Waals surface area contributed by atoms with Gasteiger partial charge in [0, 0.05) is 18.8 Å². The van der Waals surface area contributed by atoms with Crippen LogP contribution in [0.5, 0.6) is 0 Å². The lowest BCUT2D eigenvalue weighted by Gasteiger charge is -2.16. The Morgan fingerprint density at radius 3 is 3.00 bits per heavy atom. The highest BCUT2D eigenvalue weighted by Gasteiger charge is 2.21. The lowest BCUT2D eigenvalue weighted by molar-refractivity contribution is 0.347. The second kappa shape index (κ2) is 5.71. The molecule has 0 N–H and O–H groups in total. The molecule has 0 radical (unpaired) electrons. The number of thiol groups is 1. The third kappa shape index (κ3) is 3.74. The van der Waals surface area contributed by atoms with Crippen LogP contribution in [-0.2, 0) is 0 Å². The zero-order valence-corrected chi connectivity index (χ0v) is 9.52. The quantitative estimate of drug-likeness (QED) is 0.526. The van der Waals surface area contributed by atoms with E-state index in [0.717, 1.165) is 18.2 Å². The fourth-order valence-electron chi connectivity index (χ4n) is 2.07. The van der Waals surface area contributed by atoms with E-state index in [1.807, 2.05) is 0 Å². The van der Waals surface area contributed by atoms with E-state index < -0.39 is 0 Å². The Morgan fingerprint density at radius 1 is 1.62 bits per heavy atom. The minimum atomic E-state index is 0.828. The van der Waals surface area contributed by atoms with Crippen LogP contribution in [0.4, 0.5) is 0 Å². The van der Waals surface area contributed by atoms with E-state index in [9.17, 15) is 0 Å². The molecule has 1 aliphatic heterocycles. The lowest BCUT2D eigenvalue weighted by Crippen LogP contribution is -2.23. The van der Waals surface area contributed by atoms with Gasteiger partial charge in [0.1, 0.15) is 0 Å². The first-order valence-corrected chi connectivity index (χ1v) is 5.89. The molecule has 1 rings (SSSR count). The number of rotatable bonds is 5. The van der Waals surface area contributed by atoms with Crippen LogP contribution in [0, 0.1) is 5.92 Å². The zero-order valence-electron chi connectivity index (χ0n) is 8.63. The Balaban J connectivity index is 2.20. The molecular weight excluding hydrogens is 178 g/mol. The molecule has 13 heavy (non-hydrogen) atoms. The van der Waals surface area contributed by atoms with Gasteiger partial charge in [0.2, 0.25) is 0 Å². The number of hydrogen-bond donors (Lipinski definition) is 1. The van der Waals surface area contributed by atoms with Crippen molar-refractivity contribution >= 4 is 12.6 Å². The van der Waals surface area contributed by atoms with Crippen LogP contribution in [0.15, 0.2) is 12.2 Å². The van der Waals surface area contributed by atoms with Crippen molar-refractivity contribution in [3.05, 3.63) is 12.2 Å². The minimum absolute atomic E-state index is 0.828. The van der Waals surface area contributed by atoms with Crippen molar-refractivity contribution in [3.63, 3.8) is 0 Å². The molecule has 1 nitrogen and oxygen atoms in total. The van der Waals surface area contributed by atoms with Crippen molar-refractivity contribution in [1.82, 2.24) is 4.90 Å². The highest BCUT2D eigenvalue weighted by Crippen LogP contribution is 2.21. The Hall–Kier alpha value is 0.0500.